The summed E-state index contributed by atoms with van der Waals surface area (Å²) in [6.45, 7) is 1.95. The molecule has 2 aromatic rings. The van der Waals surface area contributed by atoms with Crippen molar-refractivity contribution in [3.05, 3.63) is 66.2 Å². The van der Waals surface area contributed by atoms with Gasteiger partial charge in [0.25, 0.3) is 10.0 Å². The van der Waals surface area contributed by atoms with E-state index in [9.17, 15) is 8.42 Å². The Morgan fingerprint density at radius 1 is 1.00 bits per heavy atom. The van der Waals surface area contributed by atoms with Crippen LogP contribution >= 0.6 is 0 Å². The molecule has 0 spiro atoms. The Kier molecular flexibility index (Phi) is 4.53. The SMILES string of the molecule is CC(C=NNS(=O)(=O)c1ccccc1)c1ccccc1. The van der Waals surface area contributed by atoms with E-state index in [4.69, 9.17) is 0 Å². The molecule has 4 nitrogen and oxygen atoms in total. The van der Waals surface area contributed by atoms with Crippen LogP contribution in [0.5, 0.6) is 0 Å². The fourth-order valence-electron chi connectivity index (χ4n) is 1.71. The summed E-state index contributed by atoms with van der Waals surface area (Å²) in [4.78, 5) is 2.42. The molecule has 5 heteroatoms. The van der Waals surface area contributed by atoms with Crippen LogP contribution < -0.4 is 4.83 Å². The highest BCUT2D eigenvalue weighted by molar-refractivity contribution is 7.89. The van der Waals surface area contributed by atoms with E-state index < -0.39 is 10.0 Å². The minimum absolute atomic E-state index is 0.0367. The van der Waals surface area contributed by atoms with E-state index in [1.54, 1.807) is 24.4 Å². The van der Waals surface area contributed by atoms with E-state index in [1.807, 2.05) is 37.3 Å². The molecule has 0 heterocycles. The molecule has 0 aliphatic rings. The summed E-state index contributed by atoms with van der Waals surface area (Å²) in [5, 5.41) is 3.83. The number of benzene rings is 2. The maximum absolute atomic E-state index is 11.9. The van der Waals surface area contributed by atoms with Crippen LogP contribution in [0.15, 0.2) is 70.7 Å². The summed E-state index contributed by atoms with van der Waals surface area (Å²) in [7, 11) is -3.59. The third kappa shape index (κ3) is 3.68. The summed E-state index contributed by atoms with van der Waals surface area (Å²) >= 11 is 0. The standard InChI is InChI=1S/C15H16N2O2S/c1-13(14-8-4-2-5-9-14)12-16-17-20(18,19)15-10-6-3-7-11-15/h2-13,17H,1H3. The molecular formula is C15H16N2O2S. The van der Waals surface area contributed by atoms with E-state index in [0.29, 0.717) is 0 Å². The average molecular weight is 288 g/mol. The van der Waals surface area contributed by atoms with Gasteiger partial charge in [0, 0.05) is 12.1 Å². The van der Waals surface area contributed by atoms with Crippen LogP contribution in [-0.4, -0.2) is 14.6 Å². The lowest BCUT2D eigenvalue weighted by atomic mass is 10.0. The zero-order valence-corrected chi connectivity index (χ0v) is 11.9. The van der Waals surface area contributed by atoms with Gasteiger partial charge in [0.2, 0.25) is 0 Å². The topological polar surface area (TPSA) is 58.5 Å². The summed E-state index contributed by atoms with van der Waals surface area (Å²) in [6.07, 6.45) is 1.58. The lowest BCUT2D eigenvalue weighted by Crippen LogP contribution is -2.18. The number of hydrazone groups is 1. The second-order valence-corrected chi connectivity index (χ2v) is 6.05. The lowest BCUT2D eigenvalue weighted by molar-refractivity contribution is 0.584. The molecule has 0 saturated heterocycles. The van der Waals surface area contributed by atoms with E-state index in [2.05, 4.69) is 9.93 Å². The Labute approximate surface area is 119 Å². The quantitative estimate of drug-likeness (QED) is 0.679. The van der Waals surface area contributed by atoms with Gasteiger partial charge < -0.3 is 0 Å². The highest BCUT2D eigenvalue weighted by Gasteiger charge is 2.11. The Morgan fingerprint density at radius 2 is 1.55 bits per heavy atom. The molecule has 0 aliphatic heterocycles. The molecule has 2 aromatic carbocycles. The number of rotatable bonds is 5. The van der Waals surface area contributed by atoms with Crippen molar-refractivity contribution in [1.29, 1.82) is 0 Å². The first-order valence-corrected chi connectivity index (χ1v) is 7.73. The second-order valence-electron chi connectivity index (χ2n) is 4.39. The van der Waals surface area contributed by atoms with Crippen LogP contribution in [0.3, 0.4) is 0 Å². The van der Waals surface area contributed by atoms with E-state index in [0.717, 1.165) is 5.56 Å². The third-order valence-corrected chi connectivity index (χ3v) is 4.09. The molecule has 0 fully saturated rings. The Balaban J connectivity index is 2.03. The second kappa shape index (κ2) is 6.34. The normalized spacial score (nSPS) is 13.2. The molecule has 0 radical (unpaired) electrons. The maximum Gasteiger partial charge on any atom is 0.276 e. The van der Waals surface area contributed by atoms with Crippen molar-refractivity contribution in [3.8, 4) is 0 Å². The number of nitrogens with zero attached hydrogens (tertiary/aromatic N) is 1. The predicted octanol–water partition coefficient (Wildman–Crippen LogP) is 2.75. The van der Waals surface area contributed by atoms with Crippen LogP contribution in [-0.2, 0) is 10.0 Å². The maximum atomic E-state index is 11.9. The number of nitrogens with one attached hydrogen (secondary N) is 1. The Bertz CT molecular complexity index is 668. The fraction of sp³-hybridized carbons (Fsp3) is 0.133. The molecule has 2 rings (SSSR count). The molecule has 0 aromatic heterocycles. The molecule has 1 N–H and O–H groups in total. The molecule has 0 aliphatic carbocycles. The smallest absolute Gasteiger partial charge is 0.200 e. The predicted molar refractivity (Wildman–Crippen MR) is 80.1 cm³/mol. The van der Waals surface area contributed by atoms with Gasteiger partial charge in [-0.25, -0.2) is 4.83 Å². The van der Waals surface area contributed by atoms with Gasteiger partial charge >= 0.3 is 0 Å². The number of hydrogen-bond donors (Lipinski definition) is 1. The summed E-state index contributed by atoms with van der Waals surface area (Å²) in [5.74, 6) is 0.0367. The van der Waals surface area contributed by atoms with Crippen molar-refractivity contribution < 1.29 is 8.42 Å². The Hall–Kier alpha value is -2.14. The molecular weight excluding hydrogens is 272 g/mol. The van der Waals surface area contributed by atoms with Gasteiger partial charge in [-0.1, -0.05) is 55.5 Å². The zero-order chi connectivity index (χ0) is 14.4. The average Bonchev–Trinajstić information content (AvgIpc) is 2.49. The van der Waals surface area contributed by atoms with Crippen LogP contribution in [0.4, 0.5) is 0 Å². The zero-order valence-electron chi connectivity index (χ0n) is 11.1. The molecule has 20 heavy (non-hydrogen) atoms. The van der Waals surface area contributed by atoms with Gasteiger partial charge in [-0.2, -0.15) is 13.5 Å². The molecule has 0 bridgehead atoms. The van der Waals surface area contributed by atoms with Crippen molar-refractivity contribution in [2.45, 2.75) is 17.7 Å². The molecule has 1 atom stereocenters. The minimum atomic E-state index is -3.59. The first-order valence-electron chi connectivity index (χ1n) is 6.24. The van der Waals surface area contributed by atoms with Gasteiger partial charge in [-0.15, -0.1) is 0 Å². The van der Waals surface area contributed by atoms with E-state index >= 15 is 0 Å². The molecule has 104 valence electrons. The van der Waals surface area contributed by atoms with E-state index in [1.165, 1.54) is 12.1 Å². The van der Waals surface area contributed by atoms with Gasteiger partial charge in [-0.3, -0.25) is 0 Å². The van der Waals surface area contributed by atoms with Crippen molar-refractivity contribution in [1.82, 2.24) is 4.83 Å². The summed E-state index contributed by atoms with van der Waals surface area (Å²) < 4.78 is 23.9. The van der Waals surface area contributed by atoms with Gasteiger partial charge in [0.05, 0.1) is 4.90 Å². The van der Waals surface area contributed by atoms with Crippen molar-refractivity contribution in [2.24, 2.45) is 5.10 Å². The van der Waals surface area contributed by atoms with Crippen molar-refractivity contribution in [2.75, 3.05) is 0 Å². The molecule has 0 saturated carbocycles. The van der Waals surface area contributed by atoms with Gasteiger partial charge in [0.15, 0.2) is 0 Å². The first kappa shape index (κ1) is 14.3. The van der Waals surface area contributed by atoms with Crippen LogP contribution in [0.1, 0.15) is 18.4 Å². The summed E-state index contributed by atoms with van der Waals surface area (Å²) in [5.41, 5.74) is 1.08. The van der Waals surface area contributed by atoms with Gasteiger partial charge in [-0.05, 0) is 17.7 Å². The van der Waals surface area contributed by atoms with Crippen LogP contribution in [0.2, 0.25) is 0 Å². The highest BCUT2D eigenvalue weighted by Crippen LogP contribution is 2.12. The fourth-order valence-corrected chi connectivity index (χ4v) is 2.53. The molecule has 1 unspecified atom stereocenters. The summed E-state index contributed by atoms with van der Waals surface area (Å²) in [6, 6.07) is 17.9. The monoisotopic (exact) mass is 288 g/mol. The molecule has 0 amide bonds. The number of hydrogen-bond acceptors (Lipinski definition) is 3. The minimum Gasteiger partial charge on any atom is -0.200 e. The van der Waals surface area contributed by atoms with Gasteiger partial charge in [0.1, 0.15) is 0 Å². The van der Waals surface area contributed by atoms with Crippen molar-refractivity contribution in [3.63, 3.8) is 0 Å². The van der Waals surface area contributed by atoms with Crippen LogP contribution in [0.25, 0.3) is 0 Å². The Morgan fingerprint density at radius 3 is 2.15 bits per heavy atom. The highest BCUT2D eigenvalue weighted by atomic mass is 32.2. The first-order chi connectivity index (χ1) is 9.59. The number of sulfonamides is 1. The largest absolute Gasteiger partial charge is 0.276 e. The van der Waals surface area contributed by atoms with Crippen LogP contribution in [0, 0.1) is 0 Å². The van der Waals surface area contributed by atoms with E-state index in [-0.39, 0.29) is 10.8 Å². The third-order valence-electron chi connectivity index (χ3n) is 2.85. The lowest BCUT2D eigenvalue weighted by Gasteiger charge is -2.06. The van der Waals surface area contributed by atoms with Crippen molar-refractivity contribution >= 4 is 16.2 Å².